The van der Waals surface area contributed by atoms with Crippen molar-refractivity contribution in [1.29, 1.82) is 0 Å². The number of hydrogen-bond acceptors (Lipinski definition) is 2. The van der Waals surface area contributed by atoms with Crippen LogP contribution in [0.3, 0.4) is 0 Å². The Balaban J connectivity index is 1.94. The first kappa shape index (κ1) is 16.1. The van der Waals surface area contributed by atoms with Crippen LogP contribution in [0, 0.1) is 12.8 Å². The Morgan fingerprint density at radius 3 is 2.24 bits per heavy atom. The molecule has 21 heavy (non-hydrogen) atoms. The highest BCUT2D eigenvalue weighted by atomic mass is 32.2. The molecule has 0 saturated carbocycles. The molecule has 0 aliphatic heterocycles. The second-order valence-corrected chi connectivity index (χ2v) is 7.04. The summed E-state index contributed by atoms with van der Waals surface area (Å²) in [5, 5.41) is 0. The first-order chi connectivity index (χ1) is 10.1. The molecule has 0 spiro atoms. The molecule has 0 N–H and O–H groups in total. The van der Waals surface area contributed by atoms with E-state index in [1.807, 2.05) is 11.8 Å². The van der Waals surface area contributed by atoms with Crippen molar-refractivity contribution >= 4 is 11.8 Å². The van der Waals surface area contributed by atoms with Crippen molar-refractivity contribution in [3.8, 4) is 0 Å². The smallest absolute Gasteiger partial charge is 0.00722 e. The lowest BCUT2D eigenvalue weighted by Crippen LogP contribution is -2.25. The third-order valence-corrected chi connectivity index (χ3v) is 4.74. The first-order valence-corrected chi connectivity index (χ1v) is 8.50. The highest BCUT2D eigenvalue weighted by Crippen LogP contribution is 2.23. The van der Waals surface area contributed by atoms with Crippen molar-refractivity contribution in [2.75, 3.05) is 26.4 Å². The topological polar surface area (TPSA) is 3.24 Å². The second kappa shape index (κ2) is 8.26. The lowest BCUT2D eigenvalue weighted by molar-refractivity contribution is 0.341. The fourth-order valence-corrected chi connectivity index (χ4v) is 3.47. The van der Waals surface area contributed by atoms with Crippen molar-refractivity contribution in [1.82, 2.24) is 4.90 Å². The van der Waals surface area contributed by atoms with Crippen LogP contribution in [-0.2, 0) is 6.42 Å². The first-order valence-electron chi connectivity index (χ1n) is 7.51. The summed E-state index contributed by atoms with van der Waals surface area (Å²) in [6.07, 6.45) is 1.15. The van der Waals surface area contributed by atoms with Crippen LogP contribution in [0.4, 0.5) is 0 Å². The highest BCUT2D eigenvalue weighted by Gasteiger charge is 2.11. The van der Waals surface area contributed by atoms with Crippen LogP contribution in [0.25, 0.3) is 0 Å². The van der Waals surface area contributed by atoms with E-state index in [-0.39, 0.29) is 0 Å². The van der Waals surface area contributed by atoms with Crippen molar-refractivity contribution in [3.05, 3.63) is 65.7 Å². The Labute approximate surface area is 133 Å². The quantitative estimate of drug-likeness (QED) is 0.692. The van der Waals surface area contributed by atoms with E-state index in [1.54, 1.807) is 0 Å². The number of nitrogens with zero attached hydrogens (tertiary/aromatic N) is 1. The number of benzene rings is 2. The Morgan fingerprint density at radius 2 is 1.62 bits per heavy atom. The summed E-state index contributed by atoms with van der Waals surface area (Å²) in [7, 11) is 4.32. The maximum absolute atomic E-state index is 2.29. The number of hydrogen-bond donors (Lipinski definition) is 0. The third-order valence-electron chi connectivity index (χ3n) is 3.50. The monoisotopic (exact) mass is 299 g/mol. The molecule has 0 aromatic heterocycles. The van der Waals surface area contributed by atoms with Crippen molar-refractivity contribution in [3.63, 3.8) is 0 Å². The summed E-state index contributed by atoms with van der Waals surface area (Å²) in [5.74, 6) is 1.84. The standard InChI is InChI=1S/C19H25NS/c1-16-9-11-19(12-10-16)21-15-18(14-20(2)3)13-17-7-5-4-6-8-17/h4-12,18H,13-15H2,1-3H3. The SMILES string of the molecule is Cc1ccc(SCC(Cc2ccccc2)CN(C)C)cc1. The minimum Gasteiger partial charge on any atom is -0.309 e. The predicted molar refractivity (Wildman–Crippen MR) is 94.1 cm³/mol. The molecule has 0 amide bonds. The van der Waals surface area contributed by atoms with Crippen LogP contribution in [0.1, 0.15) is 11.1 Å². The number of thioether (sulfide) groups is 1. The zero-order valence-corrected chi connectivity index (χ0v) is 14.1. The van der Waals surface area contributed by atoms with Crippen LogP contribution in [0.15, 0.2) is 59.5 Å². The highest BCUT2D eigenvalue weighted by molar-refractivity contribution is 7.99. The van der Waals surface area contributed by atoms with Crippen LogP contribution < -0.4 is 0 Å². The lowest BCUT2D eigenvalue weighted by atomic mass is 10.0. The number of aryl methyl sites for hydroxylation is 1. The minimum absolute atomic E-state index is 0.675. The molecule has 1 atom stereocenters. The Bertz CT molecular complexity index is 519. The molecule has 2 rings (SSSR count). The van der Waals surface area contributed by atoms with Gasteiger partial charge in [0, 0.05) is 17.2 Å². The van der Waals surface area contributed by atoms with E-state index in [1.165, 1.54) is 16.0 Å². The Kier molecular flexibility index (Phi) is 6.34. The lowest BCUT2D eigenvalue weighted by Gasteiger charge is -2.21. The Hall–Kier alpha value is -1.25. The average Bonchev–Trinajstić information content (AvgIpc) is 2.47. The fourth-order valence-electron chi connectivity index (χ4n) is 2.49. The van der Waals surface area contributed by atoms with Gasteiger partial charge in [0.2, 0.25) is 0 Å². The van der Waals surface area contributed by atoms with E-state index in [0.717, 1.165) is 18.7 Å². The van der Waals surface area contributed by atoms with Crippen LogP contribution in [-0.4, -0.2) is 31.3 Å². The van der Waals surface area contributed by atoms with Gasteiger partial charge < -0.3 is 4.90 Å². The normalized spacial score (nSPS) is 12.6. The summed E-state index contributed by atoms with van der Waals surface area (Å²) >= 11 is 1.97. The van der Waals surface area contributed by atoms with Gasteiger partial charge >= 0.3 is 0 Å². The van der Waals surface area contributed by atoms with Crippen LogP contribution in [0.2, 0.25) is 0 Å². The van der Waals surface area contributed by atoms with Crippen molar-refractivity contribution in [2.45, 2.75) is 18.2 Å². The molecule has 0 saturated heterocycles. The zero-order chi connectivity index (χ0) is 15.1. The van der Waals surface area contributed by atoms with E-state index < -0.39 is 0 Å². The van der Waals surface area contributed by atoms with Gasteiger partial charge in [-0.15, -0.1) is 11.8 Å². The summed E-state index contributed by atoms with van der Waals surface area (Å²) in [4.78, 5) is 3.67. The molecule has 1 nitrogen and oxygen atoms in total. The van der Waals surface area contributed by atoms with Crippen molar-refractivity contribution < 1.29 is 0 Å². The molecule has 1 unspecified atom stereocenters. The molecule has 0 aliphatic rings. The maximum Gasteiger partial charge on any atom is 0.00722 e. The largest absolute Gasteiger partial charge is 0.309 e. The predicted octanol–water partition coefficient (Wildman–Crippen LogP) is 4.51. The van der Waals surface area contributed by atoms with E-state index >= 15 is 0 Å². The summed E-state index contributed by atoms with van der Waals surface area (Å²) < 4.78 is 0. The second-order valence-electron chi connectivity index (χ2n) is 5.94. The van der Waals surface area contributed by atoms with Gasteiger partial charge in [0.25, 0.3) is 0 Å². The third kappa shape index (κ3) is 5.94. The van der Waals surface area contributed by atoms with Gasteiger partial charge in [-0.25, -0.2) is 0 Å². The van der Waals surface area contributed by atoms with E-state index in [0.29, 0.717) is 5.92 Å². The van der Waals surface area contributed by atoms with Gasteiger partial charge in [-0.05, 0) is 51.1 Å². The summed E-state index contributed by atoms with van der Waals surface area (Å²) in [5.41, 5.74) is 2.77. The van der Waals surface area contributed by atoms with E-state index in [4.69, 9.17) is 0 Å². The molecule has 0 bridgehead atoms. The van der Waals surface area contributed by atoms with Gasteiger partial charge in [-0.1, -0.05) is 48.0 Å². The molecule has 2 aromatic rings. The summed E-state index contributed by atoms with van der Waals surface area (Å²) in [6.45, 7) is 3.27. The molecule has 0 aliphatic carbocycles. The van der Waals surface area contributed by atoms with Crippen molar-refractivity contribution in [2.24, 2.45) is 5.92 Å². The van der Waals surface area contributed by atoms with Crippen LogP contribution >= 0.6 is 11.8 Å². The Morgan fingerprint density at radius 1 is 0.952 bits per heavy atom. The van der Waals surface area contributed by atoms with Gasteiger partial charge in [-0.3, -0.25) is 0 Å². The van der Waals surface area contributed by atoms with Crippen LogP contribution in [0.5, 0.6) is 0 Å². The molecule has 0 fully saturated rings. The minimum atomic E-state index is 0.675. The molecule has 0 radical (unpaired) electrons. The van der Waals surface area contributed by atoms with E-state index in [9.17, 15) is 0 Å². The van der Waals surface area contributed by atoms with Gasteiger partial charge in [0.1, 0.15) is 0 Å². The van der Waals surface area contributed by atoms with E-state index in [2.05, 4.69) is 80.5 Å². The number of rotatable bonds is 7. The fraction of sp³-hybridized carbons (Fsp3) is 0.368. The van der Waals surface area contributed by atoms with Gasteiger partial charge in [-0.2, -0.15) is 0 Å². The van der Waals surface area contributed by atoms with Gasteiger partial charge in [0.05, 0.1) is 0 Å². The average molecular weight is 299 g/mol. The van der Waals surface area contributed by atoms with Gasteiger partial charge in [0.15, 0.2) is 0 Å². The molecular formula is C19H25NS. The molecule has 112 valence electrons. The maximum atomic E-state index is 2.29. The molecule has 0 heterocycles. The zero-order valence-electron chi connectivity index (χ0n) is 13.3. The molecule has 2 heteroatoms. The summed E-state index contributed by atoms with van der Waals surface area (Å²) in [6, 6.07) is 19.7. The molecular weight excluding hydrogens is 274 g/mol. The molecule has 2 aromatic carbocycles.